The van der Waals surface area contributed by atoms with Crippen molar-refractivity contribution in [3.05, 3.63) is 29.3 Å². The minimum absolute atomic E-state index is 0.293. The summed E-state index contributed by atoms with van der Waals surface area (Å²) in [5.74, 6) is 0.623. The van der Waals surface area contributed by atoms with Gasteiger partial charge in [0.25, 0.3) is 0 Å². The lowest BCUT2D eigenvalue weighted by Gasteiger charge is -2.26. The Bertz CT molecular complexity index is 510. The number of alkyl halides is 3. The minimum atomic E-state index is -4.40. The van der Waals surface area contributed by atoms with Gasteiger partial charge >= 0.3 is 6.18 Å². The smallest absolute Gasteiger partial charge is 0.411 e. The Morgan fingerprint density at radius 2 is 2.10 bits per heavy atom. The standard InChI is InChI=1S/C15H19F3N2O/c1-2-7-20(10-11-3-4-11)14-6-5-13(15(16,17)18)8-12(14)9-19-21/h5-6,8-9,11,21H,2-4,7,10H2,1H3/b19-9+. The van der Waals surface area contributed by atoms with Crippen LogP contribution in [0.3, 0.4) is 0 Å². The molecule has 3 nitrogen and oxygen atoms in total. The number of halogens is 3. The molecule has 1 N–H and O–H groups in total. The van der Waals surface area contributed by atoms with Crippen molar-refractivity contribution in [1.29, 1.82) is 0 Å². The van der Waals surface area contributed by atoms with Crippen LogP contribution in [0.2, 0.25) is 0 Å². The van der Waals surface area contributed by atoms with Gasteiger partial charge in [0.1, 0.15) is 0 Å². The molecule has 0 saturated heterocycles. The number of rotatable bonds is 6. The van der Waals surface area contributed by atoms with Crippen molar-refractivity contribution < 1.29 is 18.4 Å². The summed E-state index contributed by atoms with van der Waals surface area (Å²) in [7, 11) is 0. The summed E-state index contributed by atoms with van der Waals surface area (Å²) in [5, 5.41) is 11.6. The zero-order valence-corrected chi connectivity index (χ0v) is 11.9. The van der Waals surface area contributed by atoms with E-state index in [-0.39, 0.29) is 0 Å². The van der Waals surface area contributed by atoms with E-state index < -0.39 is 11.7 Å². The molecule has 1 fully saturated rings. The highest BCUT2D eigenvalue weighted by Gasteiger charge is 2.32. The fraction of sp³-hybridized carbons (Fsp3) is 0.533. The number of oxime groups is 1. The Hall–Kier alpha value is -1.72. The van der Waals surface area contributed by atoms with E-state index in [1.807, 2.05) is 6.92 Å². The van der Waals surface area contributed by atoms with Crippen molar-refractivity contribution >= 4 is 11.9 Å². The van der Waals surface area contributed by atoms with Gasteiger partial charge in [0.05, 0.1) is 11.8 Å². The summed E-state index contributed by atoms with van der Waals surface area (Å²) in [6, 6.07) is 3.59. The van der Waals surface area contributed by atoms with Crippen LogP contribution >= 0.6 is 0 Å². The second-order valence-electron chi connectivity index (χ2n) is 5.41. The van der Waals surface area contributed by atoms with Gasteiger partial charge in [0.15, 0.2) is 0 Å². The Morgan fingerprint density at radius 1 is 1.38 bits per heavy atom. The summed E-state index contributed by atoms with van der Waals surface area (Å²) in [6.45, 7) is 3.64. The lowest BCUT2D eigenvalue weighted by atomic mass is 10.1. The van der Waals surface area contributed by atoms with Crippen LogP contribution < -0.4 is 4.90 Å². The number of hydrogen-bond donors (Lipinski definition) is 1. The van der Waals surface area contributed by atoms with Crippen LogP contribution in [-0.2, 0) is 6.18 Å². The van der Waals surface area contributed by atoms with Crippen LogP contribution in [0.15, 0.2) is 23.4 Å². The molecule has 1 aliphatic carbocycles. The monoisotopic (exact) mass is 300 g/mol. The van der Waals surface area contributed by atoms with Crippen molar-refractivity contribution in [1.82, 2.24) is 0 Å². The van der Waals surface area contributed by atoms with E-state index in [0.717, 1.165) is 37.9 Å². The van der Waals surface area contributed by atoms with Gasteiger partial charge in [-0.3, -0.25) is 0 Å². The molecule has 21 heavy (non-hydrogen) atoms. The van der Waals surface area contributed by atoms with Gasteiger partial charge < -0.3 is 10.1 Å². The summed E-state index contributed by atoms with van der Waals surface area (Å²) in [4.78, 5) is 2.08. The lowest BCUT2D eigenvalue weighted by molar-refractivity contribution is -0.137. The first-order valence-corrected chi connectivity index (χ1v) is 7.09. The first kappa shape index (κ1) is 15.7. The first-order chi connectivity index (χ1) is 9.95. The quantitative estimate of drug-likeness (QED) is 0.487. The average molecular weight is 300 g/mol. The Labute approximate surface area is 122 Å². The predicted octanol–water partition coefficient (Wildman–Crippen LogP) is 4.14. The molecular formula is C15H19F3N2O. The largest absolute Gasteiger partial charge is 0.416 e. The fourth-order valence-electron chi connectivity index (χ4n) is 2.38. The molecule has 0 unspecified atom stereocenters. The van der Waals surface area contributed by atoms with E-state index >= 15 is 0 Å². The maximum absolute atomic E-state index is 12.8. The van der Waals surface area contributed by atoms with Crippen LogP contribution in [0.1, 0.15) is 37.3 Å². The number of benzene rings is 1. The topological polar surface area (TPSA) is 35.8 Å². The van der Waals surface area contributed by atoms with Crippen LogP contribution in [0, 0.1) is 5.92 Å². The zero-order valence-electron chi connectivity index (χ0n) is 11.9. The molecule has 0 heterocycles. The van der Waals surface area contributed by atoms with Gasteiger partial charge in [-0.15, -0.1) is 0 Å². The molecule has 0 aliphatic heterocycles. The molecule has 1 aromatic rings. The normalized spacial score (nSPS) is 15.6. The third-order valence-corrected chi connectivity index (χ3v) is 3.56. The summed E-state index contributed by atoms with van der Waals surface area (Å²) in [5.41, 5.74) is 0.250. The van der Waals surface area contributed by atoms with Gasteiger partial charge in [-0.2, -0.15) is 13.2 Å². The van der Waals surface area contributed by atoms with Crippen LogP contribution in [0.4, 0.5) is 18.9 Å². The Morgan fingerprint density at radius 3 is 2.62 bits per heavy atom. The highest BCUT2D eigenvalue weighted by Crippen LogP contribution is 2.35. The molecule has 1 aromatic carbocycles. The average Bonchev–Trinajstić information content (AvgIpc) is 3.21. The number of hydrogen-bond acceptors (Lipinski definition) is 3. The summed E-state index contributed by atoms with van der Waals surface area (Å²) in [6.07, 6.45) is -0.0826. The molecule has 116 valence electrons. The van der Waals surface area contributed by atoms with Crippen LogP contribution in [0.25, 0.3) is 0 Å². The number of nitrogens with zero attached hydrogens (tertiary/aromatic N) is 2. The van der Waals surface area contributed by atoms with Gasteiger partial charge in [-0.05, 0) is 43.4 Å². The molecule has 1 saturated carbocycles. The van der Waals surface area contributed by atoms with Gasteiger partial charge in [-0.1, -0.05) is 12.1 Å². The first-order valence-electron chi connectivity index (χ1n) is 7.09. The van der Waals surface area contributed by atoms with Gasteiger partial charge in [0, 0.05) is 24.3 Å². The molecule has 0 radical (unpaired) electrons. The Kier molecular flexibility index (Phi) is 4.75. The van der Waals surface area contributed by atoms with E-state index in [9.17, 15) is 13.2 Å². The lowest BCUT2D eigenvalue weighted by Crippen LogP contribution is -2.27. The second kappa shape index (κ2) is 6.37. The van der Waals surface area contributed by atoms with Crippen molar-refractivity contribution in [2.24, 2.45) is 11.1 Å². The molecule has 1 aliphatic rings. The Balaban J connectivity index is 2.35. The molecule has 0 atom stereocenters. The van der Waals surface area contributed by atoms with E-state index in [0.29, 0.717) is 17.2 Å². The maximum atomic E-state index is 12.8. The minimum Gasteiger partial charge on any atom is -0.411 e. The van der Waals surface area contributed by atoms with Gasteiger partial charge in [0.2, 0.25) is 0 Å². The van der Waals surface area contributed by atoms with Crippen molar-refractivity contribution in [2.75, 3.05) is 18.0 Å². The second-order valence-corrected chi connectivity index (χ2v) is 5.41. The fourth-order valence-corrected chi connectivity index (χ4v) is 2.38. The molecule has 0 bridgehead atoms. The van der Waals surface area contributed by atoms with Crippen molar-refractivity contribution in [2.45, 2.75) is 32.4 Å². The zero-order chi connectivity index (χ0) is 15.5. The van der Waals surface area contributed by atoms with E-state index in [2.05, 4.69) is 10.1 Å². The highest BCUT2D eigenvalue weighted by molar-refractivity contribution is 5.88. The van der Waals surface area contributed by atoms with Crippen LogP contribution in [0.5, 0.6) is 0 Å². The van der Waals surface area contributed by atoms with E-state index in [1.165, 1.54) is 18.9 Å². The van der Waals surface area contributed by atoms with Gasteiger partial charge in [-0.25, -0.2) is 0 Å². The van der Waals surface area contributed by atoms with Crippen molar-refractivity contribution in [3.63, 3.8) is 0 Å². The molecule has 0 spiro atoms. The molecule has 0 aromatic heterocycles. The third kappa shape index (κ3) is 4.12. The van der Waals surface area contributed by atoms with E-state index in [1.54, 1.807) is 0 Å². The number of anilines is 1. The SMILES string of the molecule is CCCN(CC1CC1)c1ccc(C(F)(F)F)cc1/C=N/O. The maximum Gasteiger partial charge on any atom is 0.416 e. The van der Waals surface area contributed by atoms with Crippen LogP contribution in [-0.4, -0.2) is 24.5 Å². The molecule has 0 amide bonds. The van der Waals surface area contributed by atoms with E-state index in [4.69, 9.17) is 5.21 Å². The summed E-state index contributed by atoms with van der Waals surface area (Å²) < 4.78 is 38.4. The summed E-state index contributed by atoms with van der Waals surface area (Å²) >= 11 is 0. The molecular weight excluding hydrogens is 281 g/mol. The predicted molar refractivity (Wildman–Crippen MR) is 76.1 cm³/mol. The highest BCUT2D eigenvalue weighted by atomic mass is 19.4. The van der Waals surface area contributed by atoms with Crippen molar-refractivity contribution in [3.8, 4) is 0 Å². The molecule has 2 rings (SSSR count). The third-order valence-electron chi connectivity index (χ3n) is 3.56. The molecule has 6 heteroatoms.